The zero-order valence-electron chi connectivity index (χ0n) is 14.4. The summed E-state index contributed by atoms with van der Waals surface area (Å²) < 4.78 is 32.0. The summed E-state index contributed by atoms with van der Waals surface area (Å²) >= 11 is 1.53. The van der Waals surface area contributed by atoms with Gasteiger partial charge in [0.2, 0.25) is 10.0 Å². The first-order valence-corrected chi connectivity index (χ1v) is 11.4. The largest absolute Gasteiger partial charge is 0.369 e. The molecule has 1 N–H and O–H groups in total. The normalized spacial score (nSPS) is 23.4. The van der Waals surface area contributed by atoms with E-state index in [1.54, 1.807) is 11.2 Å². The van der Waals surface area contributed by atoms with Crippen molar-refractivity contribution in [2.45, 2.75) is 50.7 Å². The Balaban J connectivity index is 1.55. The number of nitrogens with one attached hydrogen (secondary N) is 1. The molecule has 6 nitrogen and oxygen atoms in total. The molecule has 3 heterocycles. The minimum atomic E-state index is -3.15. The number of thiophene rings is 1. The lowest BCUT2D eigenvalue weighted by molar-refractivity contribution is -0.0861. The van der Waals surface area contributed by atoms with Gasteiger partial charge >= 0.3 is 0 Å². The van der Waals surface area contributed by atoms with Crippen LogP contribution in [0.4, 0.5) is 0 Å². The van der Waals surface area contributed by atoms with Gasteiger partial charge in [-0.3, -0.25) is 4.79 Å². The highest BCUT2D eigenvalue weighted by Gasteiger charge is 2.44. The third-order valence-corrected chi connectivity index (χ3v) is 8.64. The minimum absolute atomic E-state index is 0.0167. The Morgan fingerprint density at radius 1 is 1.40 bits per heavy atom. The molecule has 138 valence electrons. The molecule has 0 radical (unpaired) electrons. The SMILES string of the molecule is CCS(=O)(=O)N1CCC2(CC1)OCCc1cc(C(=O)NC3CC3)sc12. The van der Waals surface area contributed by atoms with Crippen molar-refractivity contribution in [1.82, 2.24) is 9.62 Å². The average molecular weight is 385 g/mol. The molecule has 1 aromatic rings. The number of piperidine rings is 1. The van der Waals surface area contributed by atoms with Crippen LogP contribution in [-0.2, 0) is 26.8 Å². The smallest absolute Gasteiger partial charge is 0.261 e. The number of carbonyl (C=O) groups is 1. The van der Waals surface area contributed by atoms with Crippen LogP contribution in [-0.4, -0.2) is 50.1 Å². The topological polar surface area (TPSA) is 75.7 Å². The predicted octanol–water partition coefficient (Wildman–Crippen LogP) is 1.85. The lowest BCUT2D eigenvalue weighted by Crippen LogP contribution is -2.48. The van der Waals surface area contributed by atoms with E-state index in [0.717, 1.165) is 29.0 Å². The van der Waals surface area contributed by atoms with Crippen LogP contribution >= 0.6 is 11.3 Å². The van der Waals surface area contributed by atoms with Crippen molar-refractivity contribution < 1.29 is 17.9 Å². The summed E-state index contributed by atoms with van der Waals surface area (Å²) in [6.45, 7) is 3.28. The van der Waals surface area contributed by atoms with Gasteiger partial charge in [-0.25, -0.2) is 12.7 Å². The van der Waals surface area contributed by atoms with Gasteiger partial charge in [0.1, 0.15) is 5.60 Å². The van der Waals surface area contributed by atoms with Crippen LogP contribution in [0.3, 0.4) is 0 Å². The summed E-state index contributed by atoms with van der Waals surface area (Å²) in [5.41, 5.74) is 0.778. The third kappa shape index (κ3) is 3.25. The fraction of sp³-hybridized carbons (Fsp3) is 0.706. The molecule has 0 atom stereocenters. The van der Waals surface area contributed by atoms with Crippen LogP contribution in [0.2, 0.25) is 0 Å². The molecule has 1 saturated heterocycles. The summed E-state index contributed by atoms with van der Waals surface area (Å²) in [6.07, 6.45) is 4.28. The standard InChI is InChI=1S/C17H24N2O4S2/c1-2-25(21,22)19-8-6-17(7-9-19)15-12(5-10-23-17)11-14(24-15)16(20)18-13-3-4-13/h11,13H,2-10H2,1H3,(H,18,20). The highest BCUT2D eigenvalue weighted by atomic mass is 32.2. The molecule has 2 fully saturated rings. The van der Waals surface area contributed by atoms with E-state index in [0.29, 0.717) is 38.6 Å². The second-order valence-corrected chi connectivity index (χ2v) is 10.4. The zero-order chi connectivity index (χ0) is 17.7. The molecule has 1 aliphatic carbocycles. The van der Waals surface area contributed by atoms with Crippen molar-refractivity contribution >= 4 is 27.3 Å². The van der Waals surface area contributed by atoms with Crippen molar-refractivity contribution in [3.05, 3.63) is 21.4 Å². The van der Waals surface area contributed by atoms with E-state index in [-0.39, 0.29) is 11.7 Å². The first kappa shape index (κ1) is 17.5. The van der Waals surface area contributed by atoms with E-state index in [9.17, 15) is 13.2 Å². The molecule has 1 saturated carbocycles. The summed E-state index contributed by atoms with van der Waals surface area (Å²) in [6, 6.07) is 2.36. The van der Waals surface area contributed by atoms with Crippen molar-refractivity contribution in [3.63, 3.8) is 0 Å². The van der Waals surface area contributed by atoms with Crippen molar-refractivity contribution in [2.24, 2.45) is 0 Å². The van der Waals surface area contributed by atoms with Crippen LogP contribution in [0.15, 0.2) is 6.07 Å². The highest BCUT2D eigenvalue weighted by molar-refractivity contribution is 7.89. The second kappa shape index (κ2) is 6.33. The van der Waals surface area contributed by atoms with Crippen molar-refractivity contribution in [1.29, 1.82) is 0 Å². The lowest BCUT2D eigenvalue weighted by atomic mass is 9.86. The van der Waals surface area contributed by atoms with E-state index in [2.05, 4.69) is 5.32 Å². The molecule has 0 bridgehead atoms. The van der Waals surface area contributed by atoms with E-state index in [4.69, 9.17) is 4.74 Å². The summed E-state index contributed by atoms with van der Waals surface area (Å²) in [4.78, 5) is 14.3. The molecule has 3 aliphatic rings. The fourth-order valence-corrected chi connectivity index (χ4v) is 6.12. The van der Waals surface area contributed by atoms with E-state index in [1.165, 1.54) is 16.9 Å². The number of carbonyl (C=O) groups excluding carboxylic acids is 1. The van der Waals surface area contributed by atoms with Gasteiger partial charge in [-0.1, -0.05) is 0 Å². The lowest BCUT2D eigenvalue weighted by Gasteiger charge is -2.43. The molecule has 4 rings (SSSR count). The summed E-state index contributed by atoms with van der Waals surface area (Å²) in [5, 5.41) is 3.05. The molecule has 8 heteroatoms. The molecule has 25 heavy (non-hydrogen) atoms. The highest BCUT2D eigenvalue weighted by Crippen LogP contribution is 2.45. The van der Waals surface area contributed by atoms with Gasteiger partial charge in [-0.2, -0.15) is 0 Å². The van der Waals surface area contributed by atoms with Gasteiger partial charge in [-0.15, -0.1) is 11.3 Å². The molecule has 0 aromatic carbocycles. The number of hydrogen-bond acceptors (Lipinski definition) is 5. The Morgan fingerprint density at radius 2 is 2.12 bits per heavy atom. The van der Waals surface area contributed by atoms with Crippen molar-refractivity contribution in [2.75, 3.05) is 25.4 Å². The van der Waals surface area contributed by atoms with E-state index in [1.807, 2.05) is 6.07 Å². The first-order valence-electron chi connectivity index (χ1n) is 8.99. The number of nitrogens with zero attached hydrogens (tertiary/aromatic N) is 1. The molecule has 1 amide bonds. The molecule has 1 aromatic heterocycles. The monoisotopic (exact) mass is 384 g/mol. The predicted molar refractivity (Wildman–Crippen MR) is 96.4 cm³/mol. The molecular formula is C17H24N2O4S2. The maximum atomic E-state index is 12.4. The maximum absolute atomic E-state index is 12.4. The Bertz CT molecular complexity index is 775. The zero-order valence-corrected chi connectivity index (χ0v) is 16.0. The van der Waals surface area contributed by atoms with Crippen LogP contribution in [0.25, 0.3) is 0 Å². The van der Waals surface area contributed by atoms with Crippen molar-refractivity contribution in [3.8, 4) is 0 Å². The number of fused-ring (bicyclic) bond motifs is 2. The van der Waals surface area contributed by atoms with Gasteiger partial charge in [0.05, 0.1) is 17.2 Å². The number of rotatable bonds is 4. The maximum Gasteiger partial charge on any atom is 0.261 e. The number of ether oxygens (including phenoxy) is 1. The quantitative estimate of drug-likeness (QED) is 0.860. The van der Waals surface area contributed by atoms with Gasteiger partial charge in [0.25, 0.3) is 5.91 Å². The summed E-state index contributed by atoms with van der Waals surface area (Å²) in [5.74, 6) is 0.152. The van der Waals surface area contributed by atoms with Crippen LogP contribution < -0.4 is 5.32 Å². The van der Waals surface area contributed by atoms with Gasteiger partial charge < -0.3 is 10.1 Å². The first-order chi connectivity index (χ1) is 11.9. The van der Waals surface area contributed by atoms with Crippen LogP contribution in [0.5, 0.6) is 0 Å². The van der Waals surface area contributed by atoms with E-state index < -0.39 is 15.6 Å². The molecule has 0 unspecified atom stereocenters. The molecular weight excluding hydrogens is 360 g/mol. The van der Waals surface area contributed by atoms with Gasteiger partial charge in [0, 0.05) is 24.0 Å². The fourth-order valence-electron chi connectivity index (χ4n) is 3.70. The second-order valence-electron chi connectivity index (χ2n) is 7.11. The minimum Gasteiger partial charge on any atom is -0.369 e. The Hall–Kier alpha value is -0.960. The Labute approximate surface area is 152 Å². The average Bonchev–Trinajstić information content (AvgIpc) is 3.30. The Kier molecular flexibility index (Phi) is 4.42. The molecule has 1 spiro atoms. The van der Waals surface area contributed by atoms with Crippen LogP contribution in [0.1, 0.15) is 52.7 Å². The third-order valence-electron chi connectivity index (χ3n) is 5.40. The Morgan fingerprint density at radius 3 is 2.76 bits per heavy atom. The van der Waals surface area contributed by atoms with E-state index >= 15 is 0 Å². The number of sulfonamides is 1. The van der Waals surface area contributed by atoms with Crippen LogP contribution in [0, 0.1) is 0 Å². The number of hydrogen-bond donors (Lipinski definition) is 1. The summed E-state index contributed by atoms with van der Waals surface area (Å²) in [7, 11) is -3.15. The van der Waals surface area contributed by atoms with Gasteiger partial charge in [-0.05, 0) is 50.7 Å². The molecule has 2 aliphatic heterocycles. The number of amides is 1. The van der Waals surface area contributed by atoms with Gasteiger partial charge in [0.15, 0.2) is 0 Å².